The Morgan fingerprint density at radius 1 is 0.647 bits per heavy atom. The van der Waals surface area contributed by atoms with Crippen LogP contribution in [0.3, 0.4) is 0 Å². The van der Waals surface area contributed by atoms with E-state index in [0.29, 0.717) is 12.5 Å². The van der Waals surface area contributed by atoms with E-state index in [0.717, 1.165) is 119 Å². The van der Waals surface area contributed by atoms with Crippen molar-refractivity contribution in [1.29, 1.82) is 0 Å². The number of anilines is 3. The van der Waals surface area contributed by atoms with Crippen molar-refractivity contribution in [3.05, 3.63) is 164 Å². The highest BCUT2D eigenvalue weighted by Gasteiger charge is 2.26. The van der Waals surface area contributed by atoms with Crippen LogP contribution in [0.1, 0.15) is 30.0 Å². The van der Waals surface area contributed by atoms with Gasteiger partial charge in [0.05, 0.1) is 53.2 Å². The van der Waals surface area contributed by atoms with Crippen LogP contribution in [0.15, 0.2) is 153 Å². The molecule has 2 aliphatic rings. The summed E-state index contributed by atoms with van der Waals surface area (Å²) < 4.78 is 9.78. The lowest BCUT2D eigenvalue weighted by molar-refractivity contribution is 0.122. The Hall–Kier alpha value is -7.74. The minimum Gasteiger partial charge on any atom is -0.381 e. The third kappa shape index (κ3) is 9.05. The molecule has 0 bridgehead atoms. The molecule has 0 radical (unpaired) electrons. The van der Waals surface area contributed by atoms with Gasteiger partial charge in [-0.05, 0) is 126 Å². The van der Waals surface area contributed by atoms with E-state index in [2.05, 4.69) is 166 Å². The molecule has 340 valence electrons. The molecule has 0 aliphatic carbocycles. The van der Waals surface area contributed by atoms with E-state index < -0.39 is 0 Å². The average molecular weight is 899 g/mol. The number of piperidine rings is 1. The van der Waals surface area contributed by atoms with Crippen molar-refractivity contribution >= 4 is 60.9 Å². The highest BCUT2D eigenvalue weighted by Crippen LogP contribution is 2.37. The summed E-state index contributed by atoms with van der Waals surface area (Å²) in [7, 11) is 4.15. The van der Waals surface area contributed by atoms with Crippen LogP contribution in [-0.2, 0) is 25.4 Å². The smallest absolute Gasteiger partial charge is 0.0966 e. The van der Waals surface area contributed by atoms with Crippen molar-refractivity contribution in [3.63, 3.8) is 0 Å². The second-order valence-electron chi connectivity index (χ2n) is 17.8. The quantitative estimate of drug-likeness (QED) is 0.121. The Morgan fingerprint density at radius 2 is 1.28 bits per heavy atom. The third-order valence-corrected chi connectivity index (χ3v) is 13.4. The van der Waals surface area contributed by atoms with Crippen LogP contribution in [0, 0.1) is 5.92 Å². The molecule has 1 unspecified atom stereocenters. The van der Waals surface area contributed by atoms with Crippen molar-refractivity contribution in [2.75, 3.05) is 54.9 Å². The molecule has 0 spiro atoms. The number of hydrogen-bond acceptors (Lipinski definition) is 11. The maximum Gasteiger partial charge on any atom is 0.0966 e. The molecule has 13 heteroatoms. The summed E-state index contributed by atoms with van der Waals surface area (Å²) in [6.45, 7) is 6.10. The summed E-state index contributed by atoms with van der Waals surface area (Å²) in [6.07, 6.45) is 21.2. The molecule has 6 aromatic heterocycles. The number of ether oxygens (including phenoxy) is 1. The Balaban J connectivity index is 0.000000149. The van der Waals surface area contributed by atoms with Gasteiger partial charge in [-0.15, -0.1) is 0 Å². The fourth-order valence-corrected chi connectivity index (χ4v) is 9.79. The van der Waals surface area contributed by atoms with Gasteiger partial charge >= 0.3 is 0 Å². The van der Waals surface area contributed by atoms with Crippen LogP contribution in [0.5, 0.6) is 0 Å². The number of benzene rings is 4. The molecular weight excluding hydrogens is 845 g/mol. The zero-order valence-corrected chi connectivity index (χ0v) is 38.4. The first-order valence-corrected chi connectivity index (χ1v) is 23.5. The number of aryl methyl sites for hydroxylation is 2. The number of pyridine rings is 2. The van der Waals surface area contributed by atoms with E-state index >= 15 is 0 Å². The van der Waals surface area contributed by atoms with E-state index in [9.17, 15) is 0 Å². The normalized spacial score (nSPS) is 14.8. The number of nitrogens with zero attached hydrogens (tertiary/aromatic N) is 9. The Labute approximate surface area is 395 Å². The standard InChI is InChI=1S/C28H28N6.C27H26N6O/c1-34-14-8-19-4-5-21(15-26(19)34)24-16-23(17-25-28(24)32-13-12-31-25)33-27(20-6-10-29-11-7-20)22-3-2-9-30-18-22;1-32-7-4-20-2-3-21(13-26(20)32)24-14-22(15-25-27(24)30-6-5-29-25)31-17-19-12-23(18-28-16-19)33-8-10-34-11-9-33/h2-5,8-9,12-18,20,27,29,33H,6-7,10-11H2,1H3;2-7,12-16,18,31H,8-11,17H2,1H3. The van der Waals surface area contributed by atoms with Gasteiger partial charge in [-0.3, -0.25) is 29.9 Å². The second-order valence-corrected chi connectivity index (χ2v) is 17.8. The van der Waals surface area contributed by atoms with Gasteiger partial charge in [-0.2, -0.15) is 0 Å². The number of fused-ring (bicyclic) bond motifs is 4. The summed E-state index contributed by atoms with van der Waals surface area (Å²) >= 11 is 0. The van der Waals surface area contributed by atoms with E-state index in [-0.39, 0.29) is 6.04 Å². The summed E-state index contributed by atoms with van der Waals surface area (Å²) in [5.41, 5.74) is 16.0. The molecule has 13 nitrogen and oxygen atoms in total. The molecule has 0 amide bonds. The molecule has 8 heterocycles. The zero-order chi connectivity index (χ0) is 45.8. The SMILES string of the molecule is Cn1ccc2ccc(-c3cc(NC(c4cccnc4)C4CCNCC4)cc4nccnc34)cc21.Cn1ccc2ccc(-c3cc(NCc4cncc(N5CCOCC5)c4)cc4nccnc34)cc21. The van der Waals surface area contributed by atoms with Crippen LogP contribution < -0.4 is 20.9 Å². The Morgan fingerprint density at radius 3 is 1.93 bits per heavy atom. The third-order valence-electron chi connectivity index (χ3n) is 13.4. The van der Waals surface area contributed by atoms with Crippen LogP contribution in [0.25, 0.3) is 66.1 Å². The number of morpholine rings is 1. The van der Waals surface area contributed by atoms with Crippen molar-refractivity contribution in [2.45, 2.75) is 25.4 Å². The Bertz CT molecular complexity index is 3360. The molecule has 2 aliphatic heterocycles. The maximum atomic E-state index is 5.48. The average Bonchev–Trinajstić information content (AvgIpc) is 3.97. The van der Waals surface area contributed by atoms with E-state index in [1.54, 1.807) is 24.8 Å². The number of aromatic nitrogens is 8. The summed E-state index contributed by atoms with van der Waals surface area (Å²) in [6, 6.07) is 32.6. The lowest BCUT2D eigenvalue weighted by Gasteiger charge is -2.32. The summed E-state index contributed by atoms with van der Waals surface area (Å²) in [5.74, 6) is 0.533. The van der Waals surface area contributed by atoms with Crippen molar-refractivity contribution < 1.29 is 4.74 Å². The molecule has 4 aromatic carbocycles. The maximum absolute atomic E-state index is 5.48. The number of nitrogens with one attached hydrogen (secondary N) is 3. The predicted octanol–water partition coefficient (Wildman–Crippen LogP) is 9.97. The molecule has 3 N–H and O–H groups in total. The molecule has 2 fully saturated rings. The molecule has 10 aromatic rings. The van der Waals surface area contributed by atoms with Gasteiger partial charge in [0, 0.05) is 123 Å². The van der Waals surface area contributed by atoms with Gasteiger partial charge in [-0.1, -0.05) is 30.3 Å². The predicted molar refractivity (Wildman–Crippen MR) is 274 cm³/mol. The largest absolute Gasteiger partial charge is 0.381 e. The van der Waals surface area contributed by atoms with Gasteiger partial charge in [-0.25, -0.2) is 0 Å². The number of rotatable bonds is 10. The lowest BCUT2D eigenvalue weighted by atomic mass is 9.86. The van der Waals surface area contributed by atoms with Crippen LogP contribution in [-0.4, -0.2) is 78.4 Å². The molecule has 2 saturated heterocycles. The second kappa shape index (κ2) is 19.2. The minimum absolute atomic E-state index is 0.188. The molecule has 1 atom stereocenters. The zero-order valence-electron chi connectivity index (χ0n) is 38.4. The first-order chi connectivity index (χ1) is 33.5. The topological polar surface area (TPSA) is 136 Å². The monoisotopic (exact) mass is 898 g/mol. The van der Waals surface area contributed by atoms with E-state index in [1.807, 2.05) is 30.9 Å². The van der Waals surface area contributed by atoms with E-state index in [1.165, 1.54) is 27.4 Å². The van der Waals surface area contributed by atoms with Crippen molar-refractivity contribution in [2.24, 2.45) is 20.0 Å². The van der Waals surface area contributed by atoms with Gasteiger partial charge in [0.1, 0.15) is 0 Å². The van der Waals surface area contributed by atoms with Crippen molar-refractivity contribution in [1.82, 2.24) is 44.4 Å². The van der Waals surface area contributed by atoms with Crippen LogP contribution >= 0.6 is 0 Å². The first-order valence-electron chi connectivity index (χ1n) is 23.5. The highest BCUT2D eigenvalue weighted by molar-refractivity contribution is 5.98. The summed E-state index contributed by atoms with van der Waals surface area (Å²) in [5, 5.41) is 13.4. The highest BCUT2D eigenvalue weighted by atomic mass is 16.5. The fraction of sp³-hybridized carbons (Fsp3) is 0.236. The lowest BCUT2D eigenvalue weighted by Crippen LogP contribution is -2.36. The van der Waals surface area contributed by atoms with Gasteiger partial charge in [0.15, 0.2) is 0 Å². The molecule has 68 heavy (non-hydrogen) atoms. The van der Waals surface area contributed by atoms with Gasteiger partial charge in [0.2, 0.25) is 0 Å². The van der Waals surface area contributed by atoms with E-state index in [4.69, 9.17) is 9.72 Å². The van der Waals surface area contributed by atoms with Crippen LogP contribution in [0.2, 0.25) is 0 Å². The molecule has 0 saturated carbocycles. The van der Waals surface area contributed by atoms with Gasteiger partial charge in [0.25, 0.3) is 0 Å². The minimum atomic E-state index is 0.188. The first kappa shape index (κ1) is 42.9. The Kier molecular flexibility index (Phi) is 12.1. The van der Waals surface area contributed by atoms with Gasteiger partial charge < -0.3 is 34.7 Å². The fourth-order valence-electron chi connectivity index (χ4n) is 9.79. The number of hydrogen-bond donors (Lipinski definition) is 3. The van der Waals surface area contributed by atoms with Crippen LogP contribution in [0.4, 0.5) is 17.1 Å². The molecular formula is C55H54N12O. The van der Waals surface area contributed by atoms with Crippen molar-refractivity contribution in [3.8, 4) is 22.3 Å². The summed E-state index contributed by atoms with van der Waals surface area (Å²) in [4.78, 5) is 29.8. The molecule has 12 rings (SSSR count).